The minimum atomic E-state index is -0.441. The van der Waals surface area contributed by atoms with Gasteiger partial charge >= 0.3 is 0 Å². The molecule has 0 aliphatic rings. The average molecular weight is 269 g/mol. The molecule has 0 unspecified atom stereocenters. The molecule has 0 bridgehead atoms. The quantitative estimate of drug-likeness (QED) is 0.918. The zero-order valence-electron chi connectivity index (χ0n) is 10.2. The van der Waals surface area contributed by atoms with Crippen LogP contribution in [0.1, 0.15) is 19.4 Å². The molecule has 5 heteroatoms. The summed E-state index contributed by atoms with van der Waals surface area (Å²) in [5.41, 5.74) is 6.68. The van der Waals surface area contributed by atoms with E-state index in [0.29, 0.717) is 23.7 Å². The molecular weight excluding hydrogens is 255 g/mol. The van der Waals surface area contributed by atoms with Crippen molar-refractivity contribution in [3.05, 3.63) is 34.6 Å². The first-order chi connectivity index (χ1) is 8.50. The second-order valence-corrected chi connectivity index (χ2v) is 4.98. The van der Waals surface area contributed by atoms with E-state index in [1.54, 1.807) is 12.1 Å². The van der Waals surface area contributed by atoms with E-state index in [0.717, 1.165) is 0 Å². The summed E-state index contributed by atoms with van der Waals surface area (Å²) in [5.74, 6) is 0.530. The number of nitrogens with zero attached hydrogens (tertiary/aromatic N) is 1. The molecule has 0 aliphatic heterocycles. The Bertz CT molecular complexity index is 546. The summed E-state index contributed by atoms with van der Waals surface area (Å²) in [6.45, 7) is 4.08. The van der Waals surface area contributed by atoms with Crippen molar-refractivity contribution in [1.29, 1.82) is 0 Å². The summed E-state index contributed by atoms with van der Waals surface area (Å²) in [5, 5.41) is 3.99. The van der Waals surface area contributed by atoms with Crippen LogP contribution in [0, 0.1) is 11.7 Å². The summed E-state index contributed by atoms with van der Waals surface area (Å²) in [4.78, 5) is 0. The maximum absolute atomic E-state index is 13.8. The SMILES string of the molecule is CC(C)Cc1c(N)noc1-c1c(F)cccc1Cl. The minimum absolute atomic E-state index is 0.221. The van der Waals surface area contributed by atoms with Crippen LogP contribution in [0.5, 0.6) is 0 Å². The molecule has 3 nitrogen and oxygen atoms in total. The second kappa shape index (κ2) is 4.98. The van der Waals surface area contributed by atoms with E-state index < -0.39 is 5.82 Å². The Morgan fingerprint density at radius 3 is 2.78 bits per heavy atom. The Hall–Kier alpha value is -1.55. The Kier molecular flexibility index (Phi) is 3.57. The lowest BCUT2D eigenvalue weighted by Crippen LogP contribution is -1.99. The number of benzene rings is 1. The van der Waals surface area contributed by atoms with Crippen molar-refractivity contribution in [2.24, 2.45) is 5.92 Å². The van der Waals surface area contributed by atoms with Crippen LogP contribution in [0.4, 0.5) is 10.2 Å². The maximum Gasteiger partial charge on any atom is 0.176 e. The van der Waals surface area contributed by atoms with Crippen LogP contribution in [0.2, 0.25) is 5.02 Å². The fraction of sp³-hybridized carbons (Fsp3) is 0.308. The molecule has 0 fully saturated rings. The molecule has 0 amide bonds. The molecule has 0 radical (unpaired) electrons. The van der Waals surface area contributed by atoms with Crippen molar-refractivity contribution in [3.63, 3.8) is 0 Å². The summed E-state index contributed by atoms with van der Waals surface area (Å²) < 4.78 is 19.0. The van der Waals surface area contributed by atoms with Gasteiger partial charge < -0.3 is 10.3 Å². The Labute approximate surface area is 110 Å². The first-order valence-corrected chi connectivity index (χ1v) is 6.07. The lowest BCUT2D eigenvalue weighted by molar-refractivity contribution is 0.432. The predicted octanol–water partition coefficient (Wildman–Crippen LogP) is 3.91. The van der Waals surface area contributed by atoms with Gasteiger partial charge in [0.15, 0.2) is 11.6 Å². The van der Waals surface area contributed by atoms with Crippen molar-refractivity contribution in [2.75, 3.05) is 5.73 Å². The Morgan fingerprint density at radius 2 is 2.17 bits per heavy atom. The zero-order chi connectivity index (χ0) is 13.3. The van der Waals surface area contributed by atoms with Crippen LogP contribution in [-0.4, -0.2) is 5.16 Å². The molecule has 0 aliphatic carbocycles. The van der Waals surface area contributed by atoms with Gasteiger partial charge in [0, 0.05) is 5.56 Å². The number of halogens is 2. The normalized spacial score (nSPS) is 11.2. The molecule has 0 atom stereocenters. The lowest BCUT2D eigenvalue weighted by Gasteiger charge is -2.07. The zero-order valence-corrected chi connectivity index (χ0v) is 11.0. The standard InChI is InChI=1S/C13H14ClFN2O/c1-7(2)6-8-12(18-17-13(8)16)11-9(14)4-3-5-10(11)15/h3-5,7H,6H2,1-2H3,(H2,16,17). The monoisotopic (exact) mass is 268 g/mol. The number of hydrogen-bond acceptors (Lipinski definition) is 3. The van der Waals surface area contributed by atoms with Crippen LogP contribution in [-0.2, 0) is 6.42 Å². The van der Waals surface area contributed by atoms with E-state index in [1.165, 1.54) is 6.07 Å². The van der Waals surface area contributed by atoms with Crippen molar-refractivity contribution >= 4 is 17.4 Å². The molecule has 2 rings (SSSR count). The highest BCUT2D eigenvalue weighted by atomic mass is 35.5. The topological polar surface area (TPSA) is 52.0 Å². The molecule has 0 saturated carbocycles. The molecule has 0 saturated heterocycles. The lowest BCUT2D eigenvalue weighted by atomic mass is 9.99. The second-order valence-electron chi connectivity index (χ2n) is 4.57. The molecular formula is C13H14ClFN2O. The van der Waals surface area contributed by atoms with Crippen LogP contribution < -0.4 is 5.73 Å². The van der Waals surface area contributed by atoms with Gasteiger partial charge in [-0.3, -0.25) is 0 Å². The van der Waals surface area contributed by atoms with Gasteiger partial charge in [-0.15, -0.1) is 0 Å². The van der Waals surface area contributed by atoms with Crippen LogP contribution in [0.3, 0.4) is 0 Å². The van der Waals surface area contributed by atoms with E-state index in [1.807, 2.05) is 13.8 Å². The van der Waals surface area contributed by atoms with Crippen molar-refractivity contribution in [2.45, 2.75) is 20.3 Å². The average Bonchev–Trinajstić information content (AvgIpc) is 2.61. The van der Waals surface area contributed by atoms with Crippen LogP contribution >= 0.6 is 11.6 Å². The summed E-state index contributed by atoms with van der Waals surface area (Å²) in [6.07, 6.45) is 0.662. The number of hydrogen-bond donors (Lipinski definition) is 1. The van der Waals surface area contributed by atoms with Gasteiger partial charge in [-0.1, -0.05) is 36.7 Å². The number of nitrogens with two attached hydrogens (primary N) is 1. The fourth-order valence-electron chi connectivity index (χ4n) is 1.84. The van der Waals surface area contributed by atoms with Gasteiger partial charge in [0.2, 0.25) is 0 Å². The highest BCUT2D eigenvalue weighted by molar-refractivity contribution is 6.33. The molecule has 96 valence electrons. The fourth-order valence-corrected chi connectivity index (χ4v) is 2.09. The van der Waals surface area contributed by atoms with Crippen LogP contribution in [0.25, 0.3) is 11.3 Å². The van der Waals surface area contributed by atoms with Crippen molar-refractivity contribution < 1.29 is 8.91 Å². The maximum atomic E-state index is 13.8. The van der Waals surface area contributed by atoms with Crippen molar-refractivity contribution in [3.8, 4) is 11.3 Å². The van der Waals surface area contributed by atoms with E-state index in [-0.39, 0.29) is 16.4 Å². The minimum Gasteiger partial charge on any atom is -0.381 e. The molecule has 2 N–H and O–H groups in total. The van der Waals surface area contributed by atoms with Gasteiger partial charge in [-0.2, -0.15) is 0 Å². The van der Waals surface area contributed by atoms with E-state index in [9.17, 15) is 4.39 Å². The van der Waals surface area contributed by atoms with E-state index in [4.69, 9.17) is 21.9 Å². The number of aromatic nitrogens is 1. The highest BCUT2D eigenvalue weighted by Gasteiger charge is 2.21. The van der Waals surface area contributed by atoms with Crippen LogP contribution in [0.15, 0.2) is 22.7 Å². The third-order valence-electron chi connectivity index (χ3n) is 2.62. The van der Waals surface area contributed by atoms with Gasteiger partial charge in [-0.05, 0) is 24.5 Å². The van der Waals surface area contributed by atoms with Gasteiger partial charge in [0.25, 0.3) is 0 Å². The van der Waals surface area contributed by atoms with Gasteiger partial charge in [-0.25, -0.2) is 4.39 Å². The van der Waals surface area contributed by atoms with E-state index in [2.05, 4.69) is 5.16 Å². The highest BCUT2D eigenvalue weighted by Crippen LogP contribution is 2.36. The molecule has 2 aromatic rings. The van der Waals surface area contributed by atoms with Gasteiger partial charge in [0.1, 0.15) is 5.82 Å². The molecule has 1 heterocycles. The molecule has 1 aromatic heterocycles. The number of nitrogen functional groups attached to an aromatic ring is 1. The largest absolute Gasteiger partial charge is 0.381 e. The van der Waals surface area contributed by atoms with Gasteiger partial charge in [0.05, 0.1) is 10.6 Å². The molecule has 1 aromatic carbocycles. The third-order valence-corrected chi connectivity index (χ3v) is 2.94. The van der Waals surface area contributed by atoms with Crippen molar-refractivity contribution in [1.82, 2.24) is 5.16 Å². The third kappa shape index (κ3) is 2.34. The van der Waals surface area contributed by atoms with E-state index >= 15 is 0 Å². The number of rotatable bonds is 3. The Balaban J connectivity index is 2.58. The predicted molar refractivity (Wildman–Crippen MR) is 69.9 cm³/mol. The summed E-state index contributed by atoms with van der Waals surface area (Å²) in [7, 11) is 0. The number of anilines is 1. The smallest absolute Gasteiger partial charge is 0.176 e. The first-order valence-electron chi connectivity index (χ1n) is 5.69. The molecule has 18 heavy (non-hydrogen) atoms. The first kappa shape index (κ1) is 12.9. The Morgan fingerprint density at radius 1 is 1.44 bits per heavy atom. The summed E-state index contributed by atoms with van der Waals surface area (Å²) in [6, 6.07) is 4.49. The summed E-state index contributed by atoms with van der Waals surface area (Å²) >= 11 is 6.01. The molecule has 0 spiro atoms.